The van der Waals surface area contributed by atoms with Crippen LogP contribution in [0.25, 0.3) is 10.9 Å². The van der Waals surface area contributed by atoms with Crippen LogP contribution >= 0.6 is 11.6 Å². The lowest BCUT2D eigenvalue weighted by molar-refractivity contribution is 0.352. The Morgan fingerprint density at radius 3 is 2.76 bits per heavy atom. The first-order valence-electron chi connectivity index (χ1n) is 5.96. The fourth-order valence-corrected chi connectivity index (χ4v) is 2.61. The highest BCUT2D eigenvalue weighted by molar-refractivity contribution is 6.30. The second-order valence-corrected chi connectivity index (χ2v) is 5.33. The Balaban J connectivity index is 2.03. The van der Waals surface area contributed by atoms with Gasteiger partial charge in [0.1, 0.15) is 5.15 Å². The van der Waals surface area contributed by atoms with E-state index in [0.717, 1.165) is 23.9 Å². The third kappa shape index (κ3) is 1.92. The average molecular weight is 247 g/mol. The molecule has 1 fully saturated rings. The first-order chi connectivity index (χ1) is 8.13. The van der Waals surface area contributed by atoms with E-state index in [1.165, 1.54) is 10.9 Å². The third-order valence-electron chi connectivity index (χ3n) is 3.61. The lowest BCUT2D eigenvalue weighted by Crippen LogP contribution is -2.34. The van der Waals surface area contributed by atoms with Crippen molar-refractivity contribution in [2.24, 2.45) is 5.73 Å². The molecule has 2 N–H and O–H groups in total. The van der Waals surface area contributed by atoms with Gasteiger partial charge in [0.2, 0.25) is 0 Å². The summed E-state index contributed by atoms with van der Waals surface area (Å²) in [6, 6.07) is 8.92. The van der Waals surface area contributed by atoms with Gasteiger partial charge in [0.05, 0.1) is 5.52 Å². The first kappa shape index (κ1) is 11.0. The lowest BCUT2D eigenvalue weighted by Gasteiger charge is -2.32. The van der Waals surface area contributed by atoms with E-state index in [1.54, 1.807) is 0 Å². The van der Waals surface area contributed by atoms with Crippen molar-refractivity contribution in [3.8, 4) is 0 Å². The monoisotopic (exact) mass is 246 g/mol. The molecule has 2 nitrogen and oxygen atoms in total. The first-order valence-corrected chi connectivity index (χ1v) is 6.33. The molecule has 1 aromatic heterocycles. The predicted molar refractivity (Wildman–Crippen MR) is 71.4 cm³/mol. The molecule has 3 rings (SSSR count). The summed E-state index contributed by atoms with van der Waals surface area (Å²) in [7, 11) is 0. The highest BCUT2D eigenvalue weighted by atomic mass is 35.5. The van der Waals surface area contributed by atoms with Crippen molar-refractivity contribution in [3.63, 3.8) is 0 Å². The van der Waals surface area contributed by atoms with E-state index in [4.69, 9.17) is 17.3 Å². The molecule has 2 aromatic rings. The van der Waals surface area contributed by atoms with Gasteiger partial charge in [-0.1, -0.05) is 17.7 Å². The van der Waals surface area contributed by atoms with Gasteiger partial charge in [-0.15, -0.1) is 0 Å². The molecule has 0 bridgehead atoms. The zero-order valence-electron chi connectivity index (χ0n) is 9.78. The van der Waals surface area contributed by atoms with Gasteiger partial charge in [0.15, 0.2) is 0 Å². The zero-order chi connectivity index (χ0) is 12.0. The SMILES string of the molecule is Cc1cc2cc(C3CC(N)C3)ccc2nc1Cl. The second kappa shape index (κ2) is 3.97. The number of nitrogens with zero attached hydrogens (tertiary/aromatic N) is 1. The Bertz CT molecular complexity index is 574. The molecule has 1 aliphatic rings. The largest absolute Gasteiger partial charge is 0.328 e. The molecule has 0 spiro atoms. The minimum atomic E-state index is 0.390. The van der Waals surface area contributed by atoms with Crippen molar-refractivity contribution >= 4 is 22.5 Å². The normalized spacial score (nSPS) is 23.7. The van der Waals surface area contributed by atoms with Gasteiger partial charge in [-0.25, -0.2) is 4.98 Å². The molecule has 0 unspecified atom stereocenters. The Morgan fingerprint density at radius 1 is 1.29 bits per heavy atom. The van der Waals surface area contributed by atoms with Gasteiger partial charge in [0.25, 0.3) is 0 Å². The topological polar surface area (TPSA) is 38.9 Å². The minimum absolute atomic E-state index is 0.390. The summed E-state index contributed by atoms with van der Waals surface area (Å²) < 4.78 is 0. The number of pyridine rings is 1. The Labute approximate surface area is 106 Å². The van der Waals surface area contributed by atoms with E-state index in [9.17, 15) is 0 Å². The van der Waals surface area contributed by atoms with Crippen molar-refractivity contribution < 1.29 is 0 Å². The van der Waals surface area contributed by atoms with E-state index < -0.39 is 0 Å². The van der Waals surface area contributed by atoms with E-state index in [2.05, 4.69) is 29.2 Å². The number of benzene rings is 1. The maximum absolute atomic E-state index is 6.02. The van der Waals surface area contributed by atoms with Crippen LogP contribution in [0.1, 0.15) is 29.9 Å². The number of hydrogen-bond donors (Lipinski definition) is 1. The van der Waals surface area contributed by atoms with Crippen LogP contribution in [0.5, 0.6) is 0 Å². The van der Waals surface area contributed by atoms with Crippen LogP contribution in [0.15, 0.2) is 24.3 Å². The van der Waals surface area contributed by atoms with Crippen molar-refractivity contribution in [2.45, 2.75) is 31.7 Å². The van der Waals surface area contributed by atoms with Crippen LogP contribution in [0.3, 0.4) is 0 Å². The van der Waals surface area contributed by atoms with E-state index in [0.29, 0.717) is 17.1 Å². The van der Waals surface area contributed by atoms with Crippen LogP contribution in [0, 0.1) is 6.92 Å². The van der Waals surface area contributed by atoms with Crippen molar-refractivity contribution in [2.75, 3.05) is 0 Å². The van der Waals surface area contributed by atoms with Crippen LogP contribution in [0.2, 0.25) is 5.15 Å². The number of fused-ring (bicyclic) bond motifs is 1. The van der Waals surface area contributed by atoms with Crippen molar-refractivity contribution in [1.29, 1.82) is 0 Å². The maximum Gasteiger partial charge on any atom is 0.132 e. The summed E-state index contributed by atoms with van der Waals surface area (Å²) in [5.41, 5.74) is 9.21. The Hall–Kier alpha value is -1.12. The standard InChI is InChI=1S/C14H15ClN2/c1-8-4-11-5-9(10-6-12(16)7-10)2-3-13(11)17-14(8)15/h2-5,10,12H,6-7,16H2,1H3. The molecule has 0 aliphatic heterocycles. The molecule has 3 heteroatoms. The van der Waals surface area contributed by atoms with Gasteiger partial charge < -0.3 is 5.73 Å². The van der Waals surface area contributed by atoms with E-state index in [1.807, 2.05) is 6.92 Å². The average Bonchev–Trinajstić information content (AvgIpc) is 2.26. The number of aryl methyl sites for hydroxylation is 1. The Kier molecular flexibility index (Phi) is 2.57. The van der Waals surface area contributed by atoms with Crippen LogP contribution in [-0.4, -0.2) is 11.0 Å². The minimum Gasteiger partial charge on any atom is -0.328 e. The Morgan fingerprint density at radius 2 is 2.06 bits per heavy atom. The van der Waals surface area contributed by atoms with Crippen molar-refractivity contribution in [1.82, 2.24) is 4.98 Å². The van der Waals surface area contributed by atoms with Gasteiger partial charge in [0, 0.05) is 11.4 Å². The molecule has 1 aliphatic carbocycles. The predicted octanol–water partition coefficient (Wildman–Crippen LogP) is 3.40. The highest BCUT2D eigenvalue weighted by Gasteiger charge is 2.27. The maximum atomic E-state index is 6.02. The molecule has 1 saturated carbocycles. The van der Waals surface area contributed by atoms with Gasteiger partial charge in [-0.05, 0) is 55.0 Å². The fourth-order valence-electron chi connectivity index (χ4n) is 2.47. The number of hydrogen-bond acceptors (Lipinski definition) is 2. The molecule has 0 radical (unpaired) electrons. The molecule has 1 heterocycles. The molecule has 0 saturated heterocycles. The molecule has 1 aromatic carbocycles. The summed E-state index contributed by atoms with van der Waals surface area (Å²) >= 11 is 6.02. The van der Waals surface area contributed by atoms with Gasteiger partial charge >= 0.3 is 0 Å². The van der Waals surface area contributed by atoms with Crippen LogP contribution in [-0.2, 0) is 0 Å². The molecule has 0 amide bonds. The van der Waals surface area contributed by atoms with Crippen LogP contribution in [0.4, 0.5) is 0 Å². The molecular weight excluding hydrogens is 232 g/mol. The van der Waals surface area contributed by atoms with Crippen LogP contribution < -0.4 is 5.73 Å². The summed E-state index contributed by atoms with van der Waals surface area (Å²) in [6.45, 7) is 1.99. The smallest absolute Gasteiger partial charge is 0.132 e. The quantitative estimate of drug-likeness (QED) is 0.784. The summed E-state index contributed by atoms with van der Waals surface area (Å²) in [5.74, 6) is 0.630. The molecule has 0 atom stereocenters. The lowest BCUT2D eigenvalue weighted by atomic mass is 9.76. The summed E-state index contributed by atoms with van der Waals surface area (Å²) in [4.78, 5) is 4.38. The molecule has 88 valence electrons. The van der Waals surface area contributed by atoms with Gasteiger partial charge in [-0.2, -0.15) is 0 Å². The number of nitrogens with two attached hydrogens (primary N) is 1. The zero-order valence-corrected chi connectivity index (χ0v) is 10.5. The van der Waals surface area contributed by atoms with E-state index >= 15 is 0 Å². The summed E-state index contributed by atoms with van der Waals surface area (Å²) in [6.07, 6.45) is 2.21. The fraction of sp³-hybridized carbons (Fsp3) is 0.357. The number of rotatable bonds is 1. The molecular formula is C14H15ClN2. The number of halogens is 1. The highest BCUT2D eigenvalue weighted by Crippen LogP contribution is 2.36. The summed E-state index contributed by atoms with van der Waals surface area (Å²) in [5, 5.41) is 1.76. The molecule has 17 heavy (non-hydrogen) atoms. The third-order valence-corrected chi connectivity index (χ3v) is 4.00. The van der Waals surface area contributed by atoms with E-state index in [-0.39, 0.29) is 0 Å². The second-order valence-electron chi connectivity index (χ2n) is 4.98. The number of aromatic nitrogens is 1. The van der Waals surface area contributed by atoms with Gasteiger partial charge in [-0.3, -0.25) is 0 Å². The van der Waals surface area contributed by atoms with Crippen molar-refractivity contribution in [3.05, 3.63) is 40.5 Å².